The van der Waals surface area contributed by atoms with Gasteiger partial charge in [0.1, 0.15) is 6.04 Å². The van der Waals surface area contributed by atoms with Gasteiger partial charge in [-0.1, -0.05) is 13.3 Å². The van der Waals surface area contributed by atoms with Gasteiger partial charge in [0.15, 0.2) is 0 Å². The summed E-state index contributed by atoms with van der Waals surface area (Å²) in [6.45, 7) is 3.40. The first-order valence-corrected chi connectivity index (χ1v) is 6.54. The molecule has 2 unspecified atom stereocenters. The normalized spacial score (nSPS) is 17.4. The van der Waals surface area contributed by atoms with Gasteiger partial charge in [-0.3, -0.25) is 20.2 Å². The summed E-state index contributed by atoms with van der Waals surface area (Å²) in [5.41, 5.74) is 0. The highest BCUT2D eigenvalue weighted by Crippen LogP contribution is 2.18. The monoisotopic (exact) mass is 271 g/mol. The molecule has 1 fully saturated rings. The first kappa shape index (κ1) is 15.4. The van der Waals surface area contributed by atoms with Gasteiger partial charge in [0.2, 0.25) is 5.91 Å². The van der Waals surface area contributed by atoms with Crippen LogP contribution in [0.15, 0.2) is 0 Å². The predicted octanol–water partition coefficient (Wildman–Crippen LogP) is 0.206. The first-order valence-electron chi connectivity index (χ1n) is 6.54. The Labute approximate surface area is 112 Å². The van der Waals surface area contributed by atoms with E-state index >= 15 is 0 Å². The first-order chi connectivity index (χ1) is 8.93. The van der Waals surface area contributed by atoms with Crippen LogP contribution in [0, 0.1) is 0 Å². The Morgan fingerprint density at radius 1 is 1.32 bits per heavy atom. The van der Waals surface area contributed by atoms with Crippen molar-refractivity contribution >= 4 is 17.9 Å². The van der Waals surface area contributed by atoms with Crippen molar-refractivity contribution in [3.63, 3.8) is 0 Å². The lowest BCUT2D eigenvalue weighted by Gasteiger charge is -2.19. The van der Waals surface area contributed by atoms with Crippen molar-refractivity contribution in [1.82, 2.24) is 16.0 Å². The van der Waals surface area contributed by atoms with E-state index in [-0.39, 0.29) is 6.04 Å². The van der Waals surface area contributed by atoms with Crippen LogP contribution in [0.1, 0.15) is 39.5 Å². The lowest BCUT2D eigenvalue weighted by Crippen LogP contribution is -2.52. The van der Waals surface area contributed by atoms with Crippen LogP contribution in [-0.2, 0) is 9.59 Å². The Morgan fingerprint density at radius 2 is 1.95 bits per heavy atom. The summed E-state index contributed by atoms with van der Waals surface area (Å²) in [5.74, 6) is -1.52. The lowest BCUT2D eigenvalue weighted by molar-refractivity contribution is -0.140. The summed E-state index contributed by atoms with van der Waals surface area (Å²) in [5, 5.41) is 16.5. The van der Waals surface area contributed by atoms with E-state index < -0.39 is 30.0 Å². The Hall–Kier alpha value is -1.63. The van der Waals surface area contributed by atoms with Crippen LogP contribution >= 0.6 is 0 Å². The maximum absolute atomic E-state index is 11.7. The molecule has 0 aromatic heterocycles. The molecule has 0 spiro atoms. The van der Waals surface area contributed by atoms with Gasteiger partial charge in [-0.15, -0.1) is 0 Å². The minimum atomic E-state index is -0.996. The second-order valence-corrected chi connectivity index (χ2v) is 4.80. The van der Waals surface area contributed by atoms with E-state index in [9.17, 15) is 14.4 Å². The molecular weight excluding hydrogens is 250 g/mol. The zero-order valence-corrected chi connectivity index (χ0v) is 11.2. The quantitative estimate of drug-likeness (QED) is 0.529. The Morgan fingerprint density at radius 3 is 2.42 bits per heavy atom. The van der Waals surface area contributed by atoms with Gasteiger partial charge in [-0.25, -0.2) is 4.79 Å². The number of hydrogen-bond donors (Lipinski definition) is 4. The van der Waals surface area contributed by atoms with Gasteiger partial charge in [-0.05, 0) is 26.2 Å². The summed E-state index contributed by atoms with van der Waals surface area (Å²) in [6, 6.07) is -1.87. The number of aliphatic carboxylic acids is 1. The molecule has 108 valence electrons. The number of carboxylic acid groups (broad SMARTS) is 1. The summed E-state index contributed by atoms with van der Waals surface area (Å²) >= 11 is 0. The van der Waals surface area contributed by atoms with Gasteiger partial charge < -0.3 is 10.4 Å². The number of urea groups is 1. The van der Waals surface area contributed by atoms with Crippen molar-refractivity contribution in [1.29, 1.82) is 0 Å². The van der Waals surface area contributed by atoms with Crippen molar-refractivity contribution in [2.75, 3.05) is 0 Å². The van der Waals surface area contributed by atoms with Crippen LogP contribution < -0.4 is 16.0 Å². The fourth-order valence-electron chi connectivity index (χ4n) is 1.61. The molecule has 4 N–H and O–H groups in total. The number of carbonyl (C=O) groups excluding carboxylic acids is 2. The van der Waals surface area contributed by atoms with Crippen LogP contribution in [0.5, 0.6) is 0 Å². The van der Waals surface area contributed by atoms with E-state index in [0.29, 0.717) is 12.8 Å². The molecule has 1 aliphatic carbocycles. The fourth-order valence-corrected chi connectivity index (χ4v) is 1.61. The summed E-state index contributed by atoms with van der Waals surface area (Å²) < 4.78 is 0. The predicted molar refractivity (Wildman–Crippen MR) is 68.6 cm³/mol. The molecule has 0 heterocycles. The van der Waals surface area contributed by atoms with Crippen LogP contribution in [0.4, 0.5) is 4.79 Å². The molecule has 0 radical (unpaired) electrons. The SMILES string of the molecule is CCCC(NC(C)C(=O)NC(=O)NC1CC1)C(=O)O. The molecule has 1 aliphatic rings. The number of amides is 3. The molecule has 0 bridgehead atoms. The standard InChI is InChI=1S/C12H21N3O4/c1-3-4-9(11(17)18)13-7(2)10(16)15-12(19)14-8-5-6-8/h7-9,13H,3-6H2,1-2H3,(H,17,18)(H2,14,15,16,19). The van der Waals surface area contributed by atoms with Crippen LogP contribution in [0.3, 0.4) is 0 Å². The molecule has 0 aromatic carbocycles. The third-order valence-corrected chi connectivity index (χ3v) is 2.87. The van der Waals surface area contributed by atoms with E-state index in [0.717, 1.165) is 12.8 Å². The van der Waals surface area contributed by atoms with Crippen molar-refractivity contribution in [2.24, 2.45) is 0 Å². The summed E-state index contributed by atoms with van der Waals surface area (Å²) in [4.78, 5) is 34.0. The number of carbonyl (C=O) groups is 3. The average molecular weight is 271 g/mol. The second-order valence-electron chi connectivity index (χ2n) is 4.80. The van der Waals surface area contributed by atoms with Crippen molar-refractivity contribution in [2.45, 2.75) is 57.7 Å². The van der Waals surface area contributed by atoms with Crippen molar-refractivity contribution in [3.05, 3.63) is 0 Å². The van der Waals surface area contributed by atoms with Gasteiger partial charge in [0, 0.05) is 6.04 Å². The maximum Gasteiger partial charge on any atom is 0.321 e. The number of carboxylic acids is 1. The van der Waals surface area contributed by atoms with E-state index in [1.54, 1.807) is 0 Å². The molecule has 7 heteroatoms. The minimum absolute atomic E-state index is 0.169. The largest absolute Gasteiger partial charge is 0.480 e. The third-order valence-electron chi connectivity index (χ3n) is 2.87. The van der Waals surface area contributed by atoms with E-state index in [2.05, 4.69) is 16.0 Å². The number of imide groups is 1. The molecule has 2 atom stereocenters. The highest BCUT2D eigenvalue weighted by atomic mass is 16.4. The Balaban J connectivity index is 2.36. The number of nitrogens with one attached hydrogen (secondary N) is 3. The number of rotatable bonds is 7. The zero-order valence-electron chi connectivity index (χ0n) is 11.2. The Kier molecular flexibility index (Phi) is 5.75. The van der Waals surface area contributed by atoms with Crippen LogP contribution in [-0.4, -0.2) is 41.1 Å². The van der Waals surface area contributed by atoms with Gasteiger partial charge in [0.25, 0.3) is 0 Å². The molecule has 1 saturated carbocycles. The molecule has 1 rings (SSSR count). The summed E-state index contributed by atoms with van der Waals surface area (Å²) in [7, 11) is 0. The van der Waals surface area contributed by atoms with Gasteiger partial charge in [-0.2, -0.15) is 0 Å². The Bertz CT molecular complexity index is 355. The molecule has 19 heavy (non-hydrogen) atoms. The zero-order chi connectivity index (χ0) is 14.4. The van der Waals surface area contributed by atoms with E-state index in [1.165, 1.54) is 6.92 Å². The maximum atomic E-state index is 11.7. The average Bonchev–Trinajstić information content (AvgIpc) is 3.11. The van der Waals surface area contributed by atoms with Gasteiger partial charge in [0.05, 0.1) is 6.04 Å². The minimum Gasteiger partial charge on any atom is -0.480 e. The van der Waals surface area contributed by atoms with Crippen molar-refractivity contribution in [3.8, 4) is 0 Å². The molecule has 3 amide bonds. The smallest absolute Gasteiger partial charge is 0.321 e. The van der Waals surface area contributed by atoms with Gasteiger partial charge >= 0.3 is 12.0 Å². The highest BCUT2D eigenvalue weighted by molar-refractivity contribution is 5.97. The molecule has 0 aliphatic heterocycles. The molecule has 0 aromatic rings. The van der Waals surface area contributed by atoms with E-state index in [1.807, 2.05) is 6.92 Å². The van der Waals surface area contributed by atoms with Crippen LogP contribution in [0.2, 0.25) is 0 Å². The topological polar surface area (TPSA) is 108 Å². The molecular formula is C12H21N3O4. The second kappa shape index (κ2) is 7.08. The third kappa shape index (κ3) is 5.69. The number of hydrogen-bond acceptors (Lipinski definition) is 4. The molecule has 7 nitrogen and oxygen atoms in total. The van der Waals surface area contributed by atoms with E-state index in [4.69, 9.17) is 5.11 Å². The molecule has 0 saturated heterocycles. The summed E-state index contributed by atoms with van der Waals surface area (Å²) in [6.07, 6.45) is 3.00. The van der Waals surface area contributed by atoms with Crippen molar-refractivity contribution < 1.29 is 19.5 Å². The fraction of sp³-hybridized carbons (Fsp3) is 0.750. The van der Waals surface area contributed by atoms with Crippen LogP contribution in [0.25, 0.3) is 0 Å². The lowest BCUT2D eigenvalue weighted by atomic mass is 10.1. The highest BCUT2D eigenvalue weighted by Gasteiger charge is 2.26.